The number of aromatic nitrogens is 1. The van der Waals surface area contributed by atoms with Crippen molar-refractivity contribution in [2.75, 3.05) is 5.32 Å². The van der Waals surface area contributed by atoms with E-state index in [9.17, 15) is 25.0 Å². The van der Waals surface area contributed by atoms with Crippen molar-refractivity contribution < 1.29 is 14.6 Å². The van der Waals surface area contributed by atoms with Crippen LogP contribution in [-0.4, -0.2) is 20.7 Å². The molecule has 3 aromatic rings. The maximum absolute atomic E-state index is 12.5. The van der Waals surface area contributed by atoms with Crippen LogP contribution in [0, 0.1) is 34.1 Å². The summed E-state index contributed by atoms with van der Waals surface area (Å²) in [5.74, 6) is -0.677. The molecule has 9 nitrogen and oxygen atoms in total. The summed E-state index contributed by atoms with van der Waals surface area (Å²) in [7, 11) is 0. The van der Waals surface area contributed by atoms with Crippen LogP contribution in [0.15, 0.2) is 41.8 Å². The highest BCUT2D eigenvalue weighted by atomic mass is 32.1. The van der Waals surface area contributed by atoms with Crippen LogP contribution in [0.2, 0.25) is 0 Å². The molecule has 0 saturated carbocycles. The van der Waals surface area contributed by atoms with Crippen LogP contribution >= 0.6 is 11.3 Å². The van der Waals surface area contributed by atoms with E-state index in [1.165, 1.54) is 18.3 Å². The number of nitro groups is 2. The van der Waals surface area contributed by atoms with E-state index in [0.717, 1.165) is 28.4 Å². The highest BCUT2D eigenvalue weighted by molar-refractivity contribution is 7.09. The first-order valence-electron chi connectivity index (χ1n) is 8.03. The SMILES string of the molecule is Cc1nc(-c2ccc(NC(=O)c3cc([N+](=O)[O-])c(C)c([N+](=O)[O-])c3)cc2)cs1. The van der Waals surface area contributed by atoms with Crippen molar-refractivity contribution in [2.45, 2.75) is 13.8 Å². The molecule has 142 valence electrons. The molecule has 0 fully saturated rings. The standard InChI is InChI=1S/C18H14N4O5S/c1-10-16(21(24)25)7-13(8-17(10)22(26)27)18(23)20-14-5-3-12(4-6-14)15-9-28-11(2)19-15/h3-9H,1-2H3,(H,20,23). The van der Waals surface area contributed by atoms with Gasteiger partial charge in [0.25, 0.3) is 17.3 Å². The molecule has 0 unspecified atom stereocenters. The van der Waals surface area contributed by atoms with Gasteiger partial charge in [0.1, 0.15) is 5.56 Å². The summed E-state index contributed by atoms with van der Waals surface area (Å²) in [5.41, 5.74) is 0.931. The third-order valence-corrected chi connectivity index (χ3v) is 4.84. The summed E-state index contributed by atoms with van der Waals surface area (Å²) < 4.78 is 0. The van der Waals surface area contributed by atoms with E-state index in [2.05, 4.69) is 10.3 Å². The largest absolute Gasteiger partial charge is 0.322 e. The normalized spacial score (nSPS) is 10.5. The molecule has 0 radical (unpaired) electrons. The van der Waals surface area contributed by atoms with E-state index in [-0.39, 0.29) is 11.1 Å². The lowest BCUT2D eigenvalue weighted by Gasteiger charge is -2.07. The molecule has 28 heavy (non-hydrogen) atoms. The zero-order valence-corrected chi connectivity index (χ0v) is 15.6. The van der Waals surface area contributed by atoms with Gasteiger partial charge in [-0.1, -0.05) is 12.1 Å². The van der Waals surface area contributed by atoms with E-state index in [4.69, 9.17) is 0 Å². The minimum absolute atomic E-state index is 0.102. The Labute approximate surface area is 163 Å². The van der Waals surface area contributed by atoms with Crippen molar-refractivity contribution in [1.29, 1.82) is 0 Å². The molecular formula is C18H14N4O5S. The fraction of sp³-hybridized carbons (Fsp3) is 0.111. The van der Waals surface area contributed by atoms with Crippen molar-refractivity contribution in [3.05, 3.63) is 78.1 Å². The Balaban J connectivity index is 1.86. The van der Waals surface area contributed by atoms with Crippen molar-refractivity contribution >= 4 is 34.3 Å². The molecule has 0 bridgehead atoms. The number of nitrogens with zero attached hydrogens (tertiary/aromatic N) is 3. The number of hydrogen-bond acceptors (Lipinski definition) is 7. The Bertz CT molecular complexity index is 1060. The van der Waals surface area contributed by atoms with Gasteiger partial charge >= 0.3 is 0 Å². The Morgan fingerprint density at radius 3 is 2.07 bits per heavy atom. The second-order valence-electron chi connectivity index (χ2n) is 5.94. The van der Waals surface area contributed by atoms with E-state index in [1.807, 2.05) is 12.3 Å². The van der Waals surface area contributed by atoms with Gasteiger partial charge in [0.15, 0.2) is 0 Å². The number of thiazole rings is 1. The first-order chi connectivity index (χ1) is 13.3. The average molecular weight is 398 g/mol. The van der Waals surface area contributed by atoms with Crippen LogP contribution in [0.3, 0.4) is 0 Å². The van der Waals surface area contributed by atoms with Crippen LogP contribution in [0.25, 0.3) is 11.3 Å². The molecule has 0 saturated heterocycles. The minimum Gasteiger partial charge on any atom is -0.322 e. The predicted octanol–water partition coefficient (Wildman–Crippen LogP) is 4.50. The number of nitro benzene ring substituents is 2. The molecule has 3 rings (SSSR count). The second-order valence-corrected chi connectivity index (χ2v) is 7.00. The fourth-order valence-corrected chi connectivity index (χ4v) is 3.24. The van der Waals surface area contributed by atoms with E-state index in [1.54, 1.807) is 24.3 Å². The number of benzene rings is 2. The fourth-order valence-electron chi connectivity index (χ4n) is 2.62. The summed E-state index contributed by atoms with van der Waals surface area (Å²) >= 11 is 1.53. The molecule has 1 aromatic heterocycles. The topological polar surface area (TPSA) is 128 Å². The summed E-state index contributed by atoms with van der Waals surface area (Å²) in [6.07, 6.45) is 0. The van der Waals surface area contributed by atoms with Crippen molar-refractivity contribution in [3.8, 4) is 11.3 Å². The quantitative estimate of drug-likeness (QED) is 0.498. The second kappa shape index (κ2) is 7.53. The average Bonchev–Trinajstić information content (AvgIpc) is 3.08. The van der Waals surface area contributed by atoms with Gasteiger partial charge in [0.05, 0.1) is 26.1 Å². The number of carbonyl (C=O) groups is 1. The molecule has 10 heteroatoms. The molecule has 0 aliphatic rings. The van der Waals surface area contributed by atoms with Crippen molar-refractivity contribution in [3.63, 3.8) is 0 Å². The van der Waals surface area contributed by atoms with E-state index < -0.39 is 27.1 Å². The first-order valence-corrected chi connectivity index (χ1v) is 8.91. The van der Waals surface area contributed by atoms with Crippen molar-refractivity contribution in [1.82, 2.24) is 4.98 Å². The van der Waals surface area contributed by atoms with E-state index >= 15 is 0 Å². The summed E-state index contributed by atoms with van der Waals surface area (Å²) in [4.78, 5) is 37.7. The van der Waals surface area contributed by atoms with Crippen LogP contribution < -0.4 is 5.32 Å². The molecule has 0 aliphatic heterocycles. The molecule has 1 heterocycles. The lowest BCUT2D eigenvalue weighted by molar-refractivity contribution is -0.395. The monoisotopic (exact) mass is 398 g/mol. The summed E-state index contributed by atoms with van der Waals surface area (Å²) in [5, 5.41) is 27.8. The number of carbonyl (C=O) groups excluding carboxylic acids is 1. The Kier molecular flexibility index (Phi) is 5.14. The van der Waals surface area contributed by atoms with Crippen LogP contribution in [0.4, 0.5) is 17.1 Å². The van der Waals surface area contributed by atoms with Crippen LogP contribution in [-0.2, 0) is 0 Å². The Hall–Kier alpha value is -3.66. The van der Waals surface area contributed by atoms with Gasteiger partial charge in [-0.05, 0) is 26.0 Å². The third-order valence-electron chi connectivity index (χ3n) is 4.07. The smallest absolute Gasteiger partial charge is 0.279 e. The van der Waals surface area contributed by atoms with Crippen LogP contribution in [0.1, 0.15) is 20.9 Å². The van der Waals surface area contributed by atoms with Gasteiger partial charge in [-0.3, -0.25) is 25.0 Å². The van der Waals surface area contributed by atoms with Crippen molar-refractivity contribution in [2.24, 2.45) is 0 Å². The van der Waals surface area contributed by atoms with Gasteiger partial charge in [-0.15, -0.1) is 11.3 Å². The van der Waals surface area contributed by atoms with Gasteiger partial charge in [-0.2, -0.15) is 0 Å². The molecule has 1 amide bonds. The number of nitrogens with one attached hydrogen (secondary N) is 1. The van der Waals surface area contributed by atoms with Crippen LogP contribution in [0.5, 0.6) is 0 Å². The first kappa shape index (κ1) is 19.1. The minimum atomic E-state index is -0.746. The molecule has 2 aromatic carbocycles. The van der Waals surface area contributed by atoms with Gasteiger partial charge in [0, 0.05) is 28.8 Å². The maximum Gasteiger partial charge on any atom is 0.279 e. The highest BCUT2D eigenvalue weighted by Gasteiger charge is 2.25. The molecule has 1 N–H and O–H groups in total. The zero-order valence-electron chi connectivity index (χ0n) is 14.8. The number of rotatable bonds is 5. The molecule has 0 atom stereocenters. The zero-order chi connectivity index (χ0) is 20.4. The number of anilines is 1. The lowest BCUT2D eigenvalue weighted by Crippen LogP contribution is -2.13. The summed E-state index contributed by atoms with van der Waals surface area (Å²) in [6, 6.07) is 8.96. The number of hydrogen-bond donors (Lipinski definition) is 1. The molecular weight excluding hydrogens is 384 g/mol. The lowest BCUT2D eigenvalue weighted by atomic mass is 10.1. The maximum atomic E-state index is 12.5. The third kappa shape index (κ3) is 3.86. The number of amides is 1. The predicted molar refractivity (Wildman–Crippen MR) is 105 cm³/mol. The Morgan fingerprint density at radius 1 is 1.04 bits per heavy atom. The van der Waals surface area contributed by atoms with Gasteiger partial charge in [0.2, 0.25) is 0 Å². The molecule has 0 aliphatic carbocycles. The Morgan fingerprint density at radius 2 is 1.61 bits per heavy atom. The molecule has 0 spiro atoms. The van der Waals surface area contributed by atoms with E-state index in [0.29, 0.717) is 5.69 Å². The summed E-state index contributed by atoms with van der Waals surface area (Å²) in [6.45, 7) is 3.18. The number of aryl methyl sites for hydroxylation is 1. The van der Waals surface area contributed by atoms with Gasteiger partial charge in [-0.25, -0.2) is 4.98 Å². The highest BCUT2D eigenvalue weighted by Crippen LogP contribution is 2.30. The van der Waals surface area contributed by atoms with Gasteiger partial charge < -0.3 is 5.32 Å².